The van der Waals surface area contributed by atoms with Crippen LogP contribution in [0.4, 0.5) is 5.69 Å². The highest BCUT2D eigenvalue weighted by Crippen LogP contribution is 2.22. The summed E-state index contributed by atoms with van der Waals surface area (Å²) in [5.74, 6) is 0.179. The third-order valence-corrected chi connectivity index (χ3v) is 3.64. The Morgan fingerprint density at radius 2 is 1.96 bits per heavy atom. The molecule has 0 unspecified atom stereocenters. The molecule has 0 bridgehead atoms. The first kappa shape index (κ1) is 21.2. The van der Waals surface area contributed by atoms with Crippen LogP contribution in [0, 0.1) is 0 Å². The normalized spacial score (nSPS) is 10.8. The SMILES string of the molecule is COc1cccc(NC(=O)CC(=O)NN=Cc2cc(Cl)ccc2OC(C)C)c1. The molecule has 0 aromatic heterocycles. The number of ether oxygens (including phenoxy) is 2. The number of hydrogen-bond acceptors (Lipinski definition) is 5. The van der Waals surface area contributed by atoms with Gasteiger partial charge in [-0.25, -0.2) is 5.43 Å². The van der Waals surface area contributed by atoms with Crippen LogP contribution in [0.3, 0.4) is 0 Å². The molecule has 0 saturated heterocycles. The van der Waals surface area contributed by atoms with E-state index in [1.165, 1.54) is 13.3 Å². The van der Waals surface area contributed by atoms with Crippen molar-refractivity contribution in [2.75, 3.05) is 12.4 Å². The van der Waals surface area contributed by atoms with Gasteiger partial charge in [0.25, 0.3) is 0 Å². The van der Waals surface area contributed by atoms with Gasteiger partial charge in [-0.3, -0.25) is 9.59 Å². The molecule has 7 nitrogen and oxygen atoms in total. The number of rotatable bonds is 8. The maximum atomic E-state index is 12.0. The van der Waals surface area contributed by atoms with Gasteiger partial charge in [-0.2, -0.15) is 5.10 Å². The predicted octanol–water partition coefficient (Wildman–Crippen LogP) is 3.61. The first-order valence-electron chi connectivity index (χ1n) is 8.59. The van der Waals surface area contributed by atoms with Crippen molar-refractivity contribution in [2.45, 2.75) is 26.4 Å². The smallest absolute Gasteiger partial charge is 0.249 e. The molecule has 2 N–H and O–H groups in total. The van der Waals surface area contributed by atoms with Crippen molar-refractivity contribution >= 4 is 35.3 Å². The predicted molar refractivity (Wildman–Crippen MR) is 109 cm³/mol. The summed E-state index contributed by atoms with van der Waals surface area (Å²) in [5, 5.41) is 7.01. The third kappa shape index (κ3) is 6.92. The minimum atomic E-state index is -0.551. The molecule has 0 fully saturated rings. The average molecular weight is 404 g/mol. The lowest BCUT2D eigenvalue weighted by Gasteiger charge is -2.12. The molecule has 0 aliphatic heterocycles. The average Bonchev–Trinajstić information content (AvgIpc) is 2.63. The quantitative estimate of drug-likeness (QED) is 0.400. The molecule has 0 atom stereocenters. The van der Waals surface area contributed by atoms with E-state index in [-0.39, 0.29) is 12.5 Å². The summed E-state index contributed by atoms with van der Waals surface area (Å²) in [6.07, 6.45) is 1.02. The zero-order chi connectivity index (χ0) is 20.5. The van der Waals surface area contributed by atoms with Crippen molar-refractivity contribution in [2.24, 2.45) is 5.10 Å². The van der Waals surface area contributed by atoms with Crippen LogP contribution < -0.4 is 20.2 Å². The second kappa shape index (κ2) is 10.3. The number of nitrogens with zero attached hydrogens (tertiary/aromatic N) is 1. The second-order valence-corrected chi connectivity index (χ2v) is 6.54. The van der Waals surface area contributed by atoms with Crippen molar-refractivity contribution in [1.29, 1.82) is 0 Å². The monoisotopic (exact) mass is 403 g/mol. The molecule has 2 amide bonds. The van der Waals surface area contributed by atoms with Gasteiger partial charge < -0.3 is 14.8 Å². The number of hydrazone groups is 1. The highest BCUT2D eigenvalue weighted by molar-refractivity contribution is 6.30. The molecule has 8 heteroatoms. The summed E-state index contributed by atoms with van der Waals surface area (Å²) in [4.78, 5) is 23.9. The minimum Gasteiger partial charge on any atom is -0.497 e. The molecule has 2 rings (SSSR count). The minimum absolute atomic E-state index is 0.0248. The number of anilines is 1. The standard InChI is InChI=1S/C20H22ClN3O4/c1-13(2)28-18-8-7-15(21)9-14(18)12-22-24-20(26)11-19(25)23-16-5-4-6-17(10-16)27-3/h4-10,12-13H,11H2,1-3H3,(H,23,25)(H,24,26). The number of amides is 2. The van der Waals surface area contributed by atoms with Gasteiger partial charge in [-0.15, -0.1) is 0 Å². The first-order valence-corrected chi connectivity index (χ1v) is 8.97. The molecule has 0 radical (unpaired) electrons. The van der Waals surface area contributed by atoms with E-state index in [1.54, 1.807) is 42.5 Å². The van der Waals surface area contributed by atoms with Crippen LogP contribution >= 0.6 is 11.6 Å². The van der Waals surface area contributed by atoms with Gasteiger partial charge in [0.1, 0.15) is 17.9 Å². The van der Waals surface area contributed by atoms with E-state index in [4.69, 9.17) is 21.1 Å². The molecule has 2 aromatic rings. The van der Waals surface area contributed by atoms with E-state index in [2.05, 4.69) is 15.8 Å². The Kier molecular flexibility index (Phi) is 7.83. The summed E-state index contributed by atoms with van der Waals surface area (Å²) < 4.78 is 10.8. The van der Waals surface area contributed by atoms with Gasteiger partial charge in [0.15, 0.2) is 0 Å². The van der Waals surface area contributed by atoms with E-state index in [0.29, 0.717) is 27.8 Å². The van der Waals surface area contributed by atoms with E-state index in [1.807, 2.05) is 13.8 Å². The summed E-state index contributed by atoms with van der Waals surface area (Å²) in [6, 6.07) is 12.0. The lowest BCUT2D eigenvalue weighted by molar-refractivity contribution is -0.126. The van der Waals surface area contributed by atoms with Crippen molar-refractivity contribution in [3.8, 4) is 11.5 Å². The topological polar surface area (TPSA) is 89.0 Å². The Bertz CT molecular complexity index is 868. The molecule has 0 heterocycles. The molecule has 2 aromatic carbocycles. The van der Waals surface area contributed by atoms with Gasteiger partial charge in [0.2, 0.25) is 11.8 Å². The largest absolute Gasteiger partial charge is 0.497 e. The summed E-state index contributed by atoms with van der Waals surface area (Å²) in [7, 11) is 1.53. The van der Waals surface area contributed by atoms with E-state index in [9.17, 15) is 9.59 Å². The molecule has 28 heavy (non-hydrogen) atoms. The summed E-state index contributed by atoms with van der Waals surface area (Å²) in [5.41, 5.74) is 3.47. The fourth-order valence-corrected chi connectivity index (χ4v) is 2.43. The molecule has 0 spiro atoms. The number of carbonyl (C=O) groups excluding carboxylic acids is 2. The lowest BCUT2D eigenvalue weighted by Crippen LogP contribution is -2.24. The molecule has 0 saturated carbocycles. The highest BCUT2D eigenvalue weighted by atomic mass is 35.5. The Labute approximate surface area is 168 Å². The molecule has 0 aliphatic carbocycles. The van der Waals surface area contributed by atoms with Crippen molar-refractivity contribution in [3.05, 3.63) is 53.1 Å². The molecular weight excluding hydrogens is 382 g/mol. The van der Waals surface area contributed by atoms with Gasteiger partial charge in [0.05, 0.1) is 19.4 Å². The van der Waals surface area contributed by atoms with Crippen LogP contribution in [0.15, 0.2) is 47.6 Å². The number of benzene rings is 2. The van der Waals surface area contributed by atoms with Crippen molar-refractivity contribution in [3.63, 3.8) is 0 Å². The number of halogens is 1. The van der Waals surface area contributed by atoms with Crippen LogP contribution in [-0.4, -0.2) is 31.2 Å². The fraction of sp³-hybridized carbons (Fsp3) is 0.250. The maximum absolute atomic E-state index is 12.0. The van der Waals surface area contributed by atoms with E-state index in [0.717, 1.165) is 0 Å². The van der Waals surface area contributed by atoms with Gasteiger partial charge in [0, 0.05) is 22.3 Å². The van der Waals surface area contributed by atoms with Crippen LogP contribution in [0.25, 0.3) is 0 Å². The zero-order valence-corrected chi connectivity index (χ0v) is 16.6. The molecule has 0 aliphatic rings. The Morgan fingerprint density at radius 1 is 1.18 bits per heavy atom. The Balaban J connectivity index is 1.91. The van der Waals surface area contributed by atoms with Gasteiger partial charge in [-0.1, -0.05) is 17.7 Å². The van der Waals surface area contributed by atoms with Gasteiger partial charge >= 0.3 is 0 Å². The molecule has 148 valence electrons. The third-order valence-electron chi connectivity index (χ3n) is 3.40. The van der Waals surface area contributed by atoms with Crippen LogP contribution in [0.5, 0.6) is 11.5 Å². The van der Waals surface area contributed by atoms with Crippen LogP contribution in [-0.2, 0) is 9.59 Å². The maximum Gasteiger partial charge on any atom is 0.249 e. The highest BCUT2D eigenvalue weighted by Gasteiger charge is 2.10. The van der Waals surface area contributed by atoms with E-state index >= 15 is 0 Å². The number of nitrogens with one attached hydrogen (secondary N) is 2. The van der Waals surface area contributed by atoms with Gasteiger partial charge in [-0.05, 0) is 44.2 Å². The van der Waals surface area contributed by atoms with Crippen LogP contribution in [0.2, 0.25) is 5.02 Å². The lowest BCUT2D eigenvalue weighted by atomic mass is 10.2. The van der Waals surface area contributed by atoms with Crippen LogP contribution in [0.1, 0.15) is 25.8 Å². The summed E-state index contributed by atoms with van der Waals surface area (Å²) >= 11 is 6.00. The number of hydrogen-bond donors (Lipinski definition) is 2. The number of methoxy groups -OCH3 is 1. The fourth-order valence-electron chi connectivity index (χ4n) is 2.25. The Morgan fingerprint density at radius 3 is 2.68 bits per heavy atom. The summed E-state index contributed by atoms with van der Waals surface area (Å²) in [6.45, 7) is 3.80. The van der Waals surface area contributed by atoms with E-state index < -0.39 is 11.8 Å². The first-order chi connectivity index (χ1) is 13.4. The zero-order valence-electron chi connectivity index (χ0n) is 15.9. The number of carbonyl (C=O) groups is 2. The second-order valence-electron chi connectivity index (χ2n) is 6.10. The van der Waals surface area contributed by atoms with Crippen molar-refractivity contribution < 1.29 is 19.1 Å². The van der Waals surface area contributed by atoms with Crippen molar-refractivity contribution in [1.82, 2.24) is 5.43 Å². The Hall–Kier alpha value is -3.06. The molecular formula is C20H22ClN3O4.